The van der Waals surface area contributed by atoms with Crippen LogP contribution in [0.4, 0.5) is 0 Å². The molecule has 0 radical (unpaired) electrons. The number of hydrogen-bond acceptors (Lipinski definition) is 6. The van der Waals surface area contributed by atoms with Crippen LogP contribution < -0.4 is 4.74 Å². The summed E-state index contributed by atoms with van der Waals surface area (Å²) in [7, 11) is -3.19. The van der Waals surface area contributed by atoms with Gasteiger partial charge in [-0.05, 0) is 38.1 Å². The van der Waals surface area contributed by atoms with Gasteiger partial charge in [0.05, 0.1) is 4.90 Å². The molecule has 0 aliphatic rings. The molecular weight excluding hydrogens is 268 g/mol. The van der Waals surface area contributed by atoms with Gasteiger partial charge < -0.3 is 9.26 Å². The highest BCUT2D eigenvalue weighted by Gasteiger charge is 2.15. The maximum absolute atomic E-state index is 11.3. The summed E-state index contributed by atoms with van der Waals surface area (Å²) in [4.78, 5) is 4.32. The summed E-state index contributed by atoms with van der Waals surface area (Å²) in [5.41, 5.74) is 0. The summed E-state index contributed by atoms with van der Waals surface area (Å²) in [5.74, 6) is 1.46. The van der Waals surface area contributed by atoms with Crippen molar-refractivity contribution in [2.75, 3.05) is 6.26 Å². The van der Waals surface area contributed by atoms with Gasteiger partial charge in [0.15, 0.2) is 21.8 Å². The summed E-state index contributed by atoms with van der Waals surface area (Å²) in [6, 6.07) is 6.18. The second-order valence-corrected chi connectivity index (χ2v) is 6.20. The maximum atomic E-state index is 11.3. The number of hydrogen-bond donors (Lipinski definition) is 0. The standard InChI is InChI=1S/C12H14N2O4S/c1-8(12-13-9(2)14-18-12)17-10-4-6-11(7-5-10)19(3,15)16/h4-8H,1-3H3. The molecule has 1 atom stereocenters. The third kappa shape index (κ3) is 3.31. The number of ether oxygens (including phenoxy) is 1. The SMILES string of the molecule is Cc1noc(C(C)Oc2ccc(S(C)(=O)=O)cc2)n1. The van der Waals surface area contributed by atoms with Crippen LogP contribution >= 0.6 is 0 Å². The Bertz CT molecular complexity index is 661. The van der Waals surface area contributed by atoms with Crippen LogP contribution in [0.3, 0.4) is 0 Å². The van der Waals surface area contributed by atoms with E-state index in [1.54, 1.807) is 26.0 Å². The van der Waals surface area contributed by atoms with Crippen LogP contribution in [-0.2, 0) is 9.84 Å². The normalized spacial score (nSPS) is 13.2. The Balaban J connectivity index is 2.12. The van der Waals surface area contributed by atoms with E-state index in [2.05, 4.69) is 10.1 Å². The van der Waals surface area contributed by atoms with E-state index < -0.39 is 15.9 Å². The first kappa shape index (κ1) is 13.5. The lowest BCUT2D eigenvalue weighted by atomic mass is 10.3. The number of aromatic nitrogens is 2. The van der Waals surface area contributed by atoms with Gasteiger partial charge in [0.25, 0.3) is 5.89 Å². The van der Waals surface area contributed by atoms with Crippen LogP contribution in [-0.4, -0.2) is 24.8 Å². The summed E-state index contributed by atoms with van der Waals surface area (Å²) < 4.78 is 33.2. The van der Waals surface area contributed by atoms with Crippen LogP contribution in [0.25, 0.3) is 0 Å². The van der Waals surface area contributed by atoms with Crippen molar-refractivity contribution in [2.45, 2.75) is 24.8 Å². The summed E-state index contributed by atoms with van der Waals surface area (Å²) in [6.07, 6.45) is 0.762. The molecular formula is C12H14N2O4S. The fourth-order valence-corrected chi connectivity index (χ4v) is 2.13. The molecule has 7 heteroatoms. The molecule has 0 N–H and O–H groups in total. The second kappa shape index (κ2) is 5.00. The smallest absolute Gasteiger partial charge is 0.267 e. The predicted molar refractivity (Wildman–Crippen MR) is 67.6 cm³/mol. The average molecular weight is 282 g/mol. The lowest BCUT2D eigenvalue weighted by molar-refractivity contribution is 0.175. The highest BCUT2D eigenvalue weighted by atomic mass is 32.2. The van der Waals surface area contributed by atoms with E-state index >= 15 is 0 Å². The third-order valence-electron chi connectivity index (χ3n) is 2.46. The van der Waals surface area contributed by atoms with E-state index in [0.717, 1.165) is 6.26 Å². The van der Waals surface area contributed by atoms with Gasteiger partial charge >= 0.3 is 0 Å². The van der Waals surface area contributed by atoms with Gasteiger partial charge in [-0.2, -0.15) is 4.98 Å². The Labute approximate surface area is 111 Å². The van der Waals surface area contributed by atoms with Crippen molar-refractivity contribution in [1.82, 2.24) is 10.1 Å². The van der Waals surface area contributed by atoms with E-state index in [1.807, 2.05) is 0 Å². The molecule has 1 unspecified atom stereocenters. The van der Waals surface area contributed by atoms with E-state index in [-0.39, 0.29) is 4.90 Å². The van der Waals surface area contributed by atoms with Crippen molar-refractivity contribution in [3.63, 3.8) is 0 Å². The molecule has 1 heterocycles. The molecule has 2 rings (SSSR count). The van der Waals surface area contributed by atoms with E-state index in [1.165, 1.54) is 12.1 Å². The zero-order valence-electron chi connectivity index (χ0n) is 10.8. The molecule has 102 valence electrons. The Kier molecular flexibility index (Phi) is 3.57. The van der Waals surface area contributed by atoms with Crippen molar-refractivity contribution in [1.29, 1.82) is 0 Å². The molecule has 1 aromatic heterocycles. The average Bonchev–Trinajstić information content (AvgIpc) is 2.75. The van der Waals surface area contributed by atoms with Crippen molar-refractivity contribution < 1.29 is 17.7 Å². The van der Waals surface area contributed by atoms with Gasteiger partial charge in [-0.3, -0.25) is 0 Å². The second-order valence-electron chi connectivity index (χ2n) is 4.18. The quantitative estimate of drug-likeness (QED) is 0.852. The van der Waals surface area contributed by atoms with Gasteiger partial charge in [0, 0.05) is 6.26 Å². The van der Waals surface area contributed by atoms with Gasteiger partial charge in [0.1, 0.15) is 5.75 Å². The van der Waals surface area contributed by atoms with Gasteiger partial charge in [-0.25, -0.2) is 8.42 Å². The van der Waals surface area contributed by atoms with Crippen LogP contribution in [0.15, 0.2) is 33.7 Å². The molecule has 0 fully saturated rings. The van der Waals surface area contributed by atoms with Crippen LogP contribution in [0.1, 0.15) is 24.7 Å². The maximum Gasteiger partial charge on any atom is 0.267 e. The van der Waals surface area contributed by atoms with Crippen LogP contribution in [0.5, 0.6) is 5.75 Å². The molecule has 0 aliphatic heterocycles. The minimum Gasteiger partial charge on any atom is -0.481 e. The molecule has 0 amide bonds. The molecule has 2 aromatic rings. The van der Waals surface area contributed by atoms with Gasteiger partial charge in [-0.1, -0.05) is 5.16 Å². The first-order chi connectivity index (χ1) is 8.86. The number of sulfone groups is 1. The zero-order valence-corrected chi connectivity index (χ0v) is 11.6. The van der Waals surface area contributed by atoms with Crippen molar-refractivity contribution in [3.8, 4) is 5.75 Å². The molecule has 0 bridgehead atoms. The van der Waals surface area contributed by atoms with Crippen LogP contribution in [0, 0.1) is 6.92 Å². The number of benzene rings is 1. The zero-order chi connectivity index (χ0) is 14.0. The molecule has 0 aliphatic carbocycles. The van der Waals surface area contributed by atoms with E-state index in [9.17, 15) is 8.42 Å². The molecule has 0 saturated carbocycles. The largest absolute Gasteiger partial charge is 0.481 e. The highest BCUT2D eigenvalue weighted by molar-refractivity contribution is 7.90. The van der Waals surface area contributed by atoms with Gasteiger partial charge in [0.2, 0.25) is 0 Å². The molecule has 0 saturated heterocycles. The minimum absolute atomic E-state index is 0.251. The Morgan fingerprint density at radius 2 is 1.89 bits per heavy atom. The molecule has 0 spiro atoms. The Morgan fingerprint density at radius 1 is 1.26 bits per heavy atom. The highest BCUT2D eigenvalue weighted by Crippen LogP contribution is 2.22. The Morgan fingerprint density at radius 3 is 2.37 bits per heavy atom. The van der Waals surface area contributed by atoms with Crippen molar-refractivity contribution in [3.05, 3.63) is 36.0 Å². The molecule has 1 aromatic carbocycles. The third-order valence-corrected chi connectivity index (χ3v) is 3.58. The monoisotopic (exact) mass is 282 g/mol. The summed E-state index contributed by atoms with van der Waals surface area (Å²) >= 11 is 0. The van der Waals surface area contributed by atoms with E-state index in [4.69, 9.17) is 9.26 Å². The summed E-state index contributed by atoms with van der Waals surface area (Å²) in [5, 5.41) is 3.68. The number of nitrogens with zero attached hydrogens (tertiary/aromatic N) is 2. The number of aryl methyl sites for hydroxylation is 1. The fourth-order valence-electron chi connectivity index (χ4n) is 1.50. The fraction of sp³-hybridized carbons (Fsp3) is 0.333. The first-order valence-electron chi connectivity index (χ1n) is 5.63. The topological polar surface area (TPSA) is 82.3 Å². The Hall–Kier alpha value is -1.89. The lowest BCUT2D eigenvalue weighted by Crippen LogP contribution is -2.04. The van der Waals surface area contributed by atoms with Crippen molar-refractivity contribution in [2.24, 2.45) is 0 Å². The summed E-state index contributed by atoms with van der Waals surface area (Å²) in [6.45, 7) is 3.50. The lowest BCUT2D eigenvalue weighted by Gasteiger charge is -2.10. The van der Waals surface area contributed by atoms with Gasteiger partial charge in [-0.15, -0.1) is 0 Å². The van der Waals surface area contributed by atoms with Crippen molar-refractivity contribution >= 4 is 9.84 Å². The minimum atomic E-state index is -3.19. The van der Waals surface area contributed by atoms with E-state index in [0.29, 0.717) is 17.5 Å². The molecule has 19 heavy (non-hydrogen) atoms. The number of rotatable bonds is 4. The first-order valence-corrected chi connectivity index (χ1v) is 7.52. The molecule has 6 nitrogen and oxygen atoms in total. The predicted octanol–water partition coefficient (Wildman–Crippen LogP) is 1.92. The van der Waals surface area contributed by atoms with Crippen LogP contribution in [0.2, 0.25) is 0 Å².